The maximum absolute atomic E-state index is 6.17. The third-order valence-electron chi connectivity index (χ3n) is 4.07. The minimum absolute atomic E-state index is 0.372. The molecule has 5 heteroatoms. The molecule has 1 saturated carbocycles. The van der Waals surface area contributed by atoms with Crippen LogP contribution in [0.4, 0.5) is 0 Å². The molecule has 20 heavy (non-hydrogen) atoms. The SMILES string of the molecule is CO[Si](OC)c1ccc2c(c1)COC1(CCCCC1)O2. The van der Waals surface area contributed by atoms with E-state index in [1.54, 1.807) is 14.2 Å². The second kappa shape index (κ2) is 5.85. The average molecular weight is 293 g/mol. The molecule has 0 amide bonds. The van der Waals surface area contributed by atoms with E-state index in [1.165, 1.54) is 19.3 Å². The van der Waals surface area contributed by atoms with Crippen LogP contribution in [0.25, 0.3) is 0 Å². The average Bonchev–Trinajstić information content (AvgIpc) is 2.49. The molecule has 1 aromatic rings. The van der Waals surface area contributed by atoms with Crippen LogP contribution < -0.4 is 9.92 Å². The van der Waals surface area contributed by atoms with Crippen molar-refractivity contribution in [3.63, 3.8) is 0 Å². The summed E-state index contributed by atoms with van der Waals surface area (Å²) in [5.74, 6) is 0.582. The summed E-state index contributed by atoms with van der Waals surface area (Å²) in [6.07, 6.45) is 5.66. The third-order valence-corrected chi connectivity index (χ3v) is 5.59. The van der Waals surface area contributed by atoms with E-state index in [0.717, 1.165) is 29.3 Å². The molecule has 1 aliphatic heterocycles. The Morgan fingerprint density at radius 1 is 1.10 bits per heavy atom. The Kier molecular flexibility index (Phi) is 4.12. The predicted octanol–water partition coefficient (Wildman–Crippen LogP) is 2.24. The first-order chi connectivity index (χ1) is 9.76. The van der Waals surface area contributed by atoms with E-state index in [4.69, 9.17) is 18.3 Å². The Bertz CT molecular complexity index is 467. The van der Waals surface area contributed by atoms with Crippen molar-refractivity contribution in [3.8, 4) is 5.75 Å². The summed E-state index contributed by atoms with van der Waals surface area (Å²) < 4.78 is 23.0. The van der Waals surface area contributed by atoms with Crippen LogP contribution in [0.2, 0.25) is 0 Å². The van der Waals surface area contributed by atoms with E-state index in [-0.39, 0.29) is 5.79 Å². The summed E-state index contributed by atoms with van der Waals surface area (Å²) in [6, 6.07) is 6.17. The highest BCUT2D eigenvalue weighted by atomic mass is 28.3. The van der Waals surface area contributed by atoms with Crippen molar-refractivity contribution in [2.24, 2.45) is 0 Å². The summed E-state index contributed by atoms with van der Waals surface area (Å²) in [5.41, 5.74) is 1.09. The first-order valence-electron chi connectivity index (χ1n) is 7.17. The van der Waals surface area contributed by atoms with Gasteiger partial charge in [0.1, 0.15) is 5.75 Å². The molecule has 3 rings (SSSR count). The minimum Gasteiger partial charge on any atom is -0.462 e. The van der Waals surface area contributed by atoms with Crippen molar-refractivity contribution in [1.82, 2.24) is 0 Å². The van der Waals surface area contributed by atoms with Gasteiger partial charge in [-0.1, -0.05) is 12.5 Å². The van der Waals surface area contributed by atoms with Crippen molar-refractivity contribution in [2.45, 2.75) is 44.5 Å². The molecular weight excluding hydrogens is 272 g/mol. The molecular formula is C15H21O4Si. The number of hydrogen-bond donors (Lipinski definition) is 0. The van der Waals surface area contributed by atoms with E-state index >= 15 is 0 Å². The Balaban J connectivity index is 1.81. The zero-order valence-corrected chi connectivity index (χ0v) is 13.1. The zero-order valence-electron chi connectivity index (χ0n) is 12.1. The summed E-state index contributed by atoms with van der Waals surface area (Å²) in [5, 5.41) is 1.09. The topological polar surface area (TPSA) is 36.9 Å². The van der Waals surface area contributed by atoms with Gasteiger partial charge in [-0.3, -0.25) is 0 Å². The van der Waals surface area contributed by atoms with Gasteiger partial charge >= 0.3 is 9.28 Å². The number of benzene rings is 1. The molecule has 0 aromatic heterocycles. The van der Waals surface area contributed by atoms with Crippen LogP contribution in [0.5, 0.6) is 5.75 Å². The molecule has 109 valence electrons. The van der Waals surface area contributed by atoms with Gasteiger partial charge in [-0.05, 0) is 30.2 Å². The fourth-order valence-electron chi connectivity index (χ4n) is 3.01. The number of fused-ring (bicyclic) bond motifs is 1. The van der Waals surface area contributed by atoms with Crippen molar-refractivity contribution >= 4 is 14.5 Å². The Hall–Kier alpha value is -0.883. The molecule has 0 unspecified atom stereocenters. The van der Waals surface area contributed by atoms with E-state index in [9.17, 15) is 0 Å². The van der Waals surface area contributed by atoms with Gasteiger partial charge in [-0.25, -0.2) is 0 Å². The largest absolute Gasteiger partial charge is 0.462 e. The Morgan fingerprint density at radius 2 is 1.85 bits per heavy atom. The molecule has 1 aromatic carbocycles. The molecule has 1 heterocycles. The Labute approximate surface area is 121 Å². The highest BCUT2D eigenvalue weighted by Gasteiger charge is 2.39. The molecule has 1 spiro atoms. The lowest BCUT2D eigenvalue weighted by atomic mass is 9.93. The molecule has 0 saturated heterocycles. The van der Waals surface area contributed by atoms with E-state index in [1.807, 2.05) is 12.1 Å². The monoisotopic (exact) mass is 293 g/mol. The summed E-state index contributed by atoms with van der Waals surface area (Å²) in [4.78, 5) is 0. The molecule has 1 radical (unpaired) electrons. The van der Waals surface area contributed by atoms with Gasteiger partial charge in [0.15, 0.2) is 0 Å². The van der Waals surface area contributed by atoms with Gasteiger partial charge in [0.05, 0.1) is 6.61 Å². The van der Waals surface area contributed by atoms with Crippen molar-refractivity contribution in [3.05, 3.63) is 23.8 Å². The van der Waals surface area contributed by atoms with Crippen LogP contribution in [-0.2, 0) is 20.2 Å². The lowest BCUT2D eigenvalue weighted by Gasteiger charge is -2.41. The van der Waals surface area contributed by atoms with Crippen molar-refractivity contribution in [2.75, 3.05) is 14.2 Å². The highest BCUT2D eigenvalue weighted by Crippen LogP contribution is 2.39. The predicted molar refractivity (Wildman–Crippen MR) is 77.1 cm³/mol. The van der Waals surface area contributed by atoms with Crippen LogP contribution in [0.15, 0.2) is 18.2 Å². The zero-order chi connectivity index (χ0) is 14.0. The van der Waals surface area contributed by atoms with Crippen LogP contribution in [-0.4, -0.2) is 29.3 Å². The van der Waals surface area contributed by atoms with Gasteiger partial charge in [0.25, 0.3) is 0 Å². The van der Waals surface area contributed by atoms with Gasteiger partial charge < -0.3 is 18.3 Å². The molecule has 2 aliphatic rings. The lowest BCUT2D eigenvalue weighted by molar-refractivity contribution is -0.222. The fourth-order valence-corrected chi connectivity index (χ4v) is 4.16. The highest BCUT2D eigenvalue weighted by molar-refractivity contribution is 6.61. The molecule has 4 nitrogen and oxygen atoms in total. The van der Waals surface area contributed by atoms with Crippen LogP contribution in [0.3, 0.4) is 0 Å². The van der Waals surface area contributed by atoms with Crippen molar-refractivity contribution < 1.29 is 18.3 Å². The standard InChI is InChI=1S/C15H21O4Si/c1-16-20(17-2)13-6-7-14-12(10-13)11-18-15(19-14)8-4-3-5-9-15/h6-7,10H,3-5,8-9,11H2,1-2H3. The molecule has 1 fully saturated rings. The quantitative estimate of drug-likeness (QED) is 0.801. The maximum atomic E-state index is 6.17. The van der Waals surface area contributed by atoms with E-state index in [0.29, 0.717) is 6.61 Å². The number of rotatable bonds is 3. The normalized spacial score (nSPS) is 20.8. The lowest BCUT2D eigenvalue weighted by Crippen LogP contribution is -2.44. The van der Waals surface area contributed by atoms with Gasteiger partial charge in [0.2, 0.25) is 5.79 Å². The molecule has 0 atom stereocenters. The van der Waals surface area contributed by atoms with Crippen molar-refractivity contribution in [1.29, 1.82) is 0 Å². The van der Waals surface area contributed by atoms with Gasteiger partial charge in [-0.15, -0.1) is 0 Å². The second-order valence-electron chi connectivity index (χ2n) is 5.38. The van der Waals surface area contributed by atoms with Crippen LogP contribution in [0, 0.1) is 0 Å². The Morgan fingerprint density at radius 3 is 2.55 bits per heavy atom. The first-order valence-corrected chi connectivity index (χ1v) is 8.49. The molecule has 0 N–H and O–H groups in total. The van der Waals surface area contributed by atoms with Crippen LogP contribution in [0.1, 0.15) is 37.7 Å². The first kappa shape index (κ1) is 14.1. The summed E-state index contributed by atoms with van der Waals surface area (Å²) in [6.45, 7) is 0.617. The minimum atomic E-state index is -1.38. The second-order valence-corrected chi connectivity index (χ2v) is 7.35. The summed E-state index contributed by atoms with van der Waals surface area (Å²) in [7, 11) is 1.99. The molecule has 0 bridgehead atoms. The number of hydrogen-bond acceptors (Lipinski definition) is 4. The van der Waals surface area contributed by atoms with E-state index in [2.05, 4.69) is 6.07 Å². The number of ether oxygens (including phenoxy) is 2. The maximum Gasteiger partial charge on any atom is 0.423 e. The van der Waals surface area contributed by atoms with Gasteiger partial charge in [0, 0.05) is 32.6 Å². The van der Waals surface area contributed by atoms with Gasteiger partial charge in [-0.2, -0.15) is 0 Å². The van der Waals surface area contributed by atoms with E-state index < -0.39 is 9.28 Å². The smallest absolute Gasteiger partial charge is 0.423 e. The molecule has 1 aliphatic carbocycles. The third kappa shape index (κ3) is 2.63. The summed E-state index contributed by atoms with van der Waals surface area (Å²) >= 11 is 0. The van der Waals surface area contributed by atoms with Crippen LogP contribution >= 0.6 is 0 Å². The fraction of sp³-hybridized carbons (Fsp3) is 0.600.